The molecule has 0 aliphatic carbocycles. The fourth-order valence-corrected chi connectivity index (χ4v) is 3.57. The molecule has 0 N–H and O–H groups in total. The lowest BCUT2D eigenvalue weighted by atomic mass is 10.1. The Hall–Kier alpha value is -2.20. The monoisotopic (exact) mass is 306 g/mol. The molecule has 3 aromatic rings. The van der Waals surface area contributed by atoms with Crippen LogP contribution in [0.1, 0.15) is 12.0 Å². The summed E-state index contributed by atoms with van der Waals surface area (Å²) in [5.41, 5.74) is 4.41. The number of fused-ring (bicyclic) bond motifs is 1. The summed E-state index contributed by atoms with van der Waals surface area (Å²) in [6.07, 6.45) is 3.11. The number of aromatic nitrogens is 3. The number of hydrogen-bond acceptors (Lipinski definition) is 3. The Bertz CT molecular complexity index is 836. The summed E-state index contributed by atoms with van der Waals surface area (Å²) >= 11 is 0. The molecule has 0 radical (unpaired) electrons. The minimum absolute atomic E-state index is 0.669. The second kappa shape index (κ2) is 5.78. The van der Waals surface area contributed by atoms with E-state index in [2.05, 4.69) is 58.8 Å². The highest BCUT2D eigenvalue weighted by Crippen LogP contribution is 2.27. The van der Waals surface area contributed by atoms with Crippen LogP contribution in [0.3, 0.4) is 0 Å². The van der Waals surface area contributed by atoms with Gasteiger partial charge in [-0.3, -0.25) is 0 Å². The van der Waals surface area contributed by atoms with Gasteiger partial charge < -0.3 is 9.47 Å². The summed E-state index contributed by atoms with van der Waals surface area (Å²) in [4.78, 5) is 11.9. The molecule has 3 heterocycles. The molecule has 1 unspecified atom stereocenters. The highest BCUT2D eigenvalue weighted by molar-refractivity contribution is 5.77. The van der Waals surface area contributed by atoms with Crippen molar-refractivity contribution in [3.05, 3.63) is 48.2 Å². The molecule has 1 saturated heterocycles. The van der Waals surface area contributed by atoms with Gasteiger partial charge in [-0.1, -0.05) is 23.8 Å². The highest BCUT2D eigenvalue weighted by Gasteiger charge is 2.23. The predicted molar refractivity (Wildman–Crippen MR) is 93.3 cm³/mol. The van der Waals surface area contributed by atoms with E-state index >= 15 is 0 Å². The third-order valence-electron chi connectivity index (χ3n) is 4.71. The van der Waals surface area contributed by atoms with Crippen molar-refractivity contribution < 1.29 is 0 Å². The van der Waals surface area contributed by atoms with Gasteiger partial charge in [-0.2, -0.15) is 0 Å². The molecule has 0 bridgehead atoms. The molecule has 1 atom stereocenters. The number of likely N-dealkylation sites (tertiary alicyclic amines) is 1. The van der Waals surface area contributed by atoms with E-state index in [9.17, 15) is 0 Å². The van der Waals surface area contributed by atoms with Crippen molar-refractivity contribution in [3.8, 4) is 11.4 Å². The zero-order valence-corrected chi connectivity index (χ0v) is 13.7. The molecule has 1 fully saturated rings. The van der Waals surface area contributed by atoms with Gasteiger partial charge in [0.2, 0.25) is 0 Å². The van der Waals surface area contributed by atoms with Crippen LogP contribution in [0.4, 0.5) is 0 Å². The molecule has 4 nitrogen and oxygen atoms in total. The molecule has 2 aromatic heterocycles. The fraction of sp³-hybridized carbons (Fsp3) is 0.368. The van der Waals surface area contributed by atoms with Crippen LogP contribution in [-0.4, -0.2) is 39.6 Å². The number of rotatable bonds is 3. The van der Waals surface area contributed by atoms with Gasteiger partial charge in [0.25, 0.3) is 0 Å². The van der Waals surface area contributed by atoms with E-state index in [-0.39, 0.29) is 0 Å². The van der Waals surface area contributed by atoms with Gasteiger partial charge in [-0.25, -0.2) is 9.97 Å². The molecule has 0 spiro atoms. The Morgan fingerprint density at radius 2 is 2.13 bits per heavy atom. The van der Waals surface area contributed by atoms with Crippen molar-refractivity contribution in [2.24, 2.45) is 5.92 Å². The summed E-state index contributed by atoms with van der Waals surface area (Å²) in [6, 6.07) is 12.6. The average Bonchev–Trinajstić information content (AvgIpc) is 3.12. The molecule has 4 rings (SSSR count). The van der Waals surface area contributed by atoms with Crippen molar-refractivity contribution in [3.63, 3.8) is 0 Å². The molecule has 1 aromatic carbocycles. The highest BCUT2D eigenvalue weighted by atomic mass is 15.2. The van der Waals surface area contributed by atoms with Crippen LogP contribution < -0.4 is 0 Å². The standard InChI is InChI=1S/C19H22N4/c1-14-5-3-6-16(11-14)18-21-17-7-4-9-20-19(17)23(18)13-15-8-10-22(2)12-15/h3-7,9,11,15H,8,10,12-13H2,1-2H3. The molecule has 23 heavy (non-hydrogen) atoms. The maximum absolute atomic E-state index is 4.87. The van der Waals surface area contributed by atoms with E-state index in [0.29, 0.717) is 5.92 Å². The minimum Gasteiger partial charge on any atom is -0.308 e. The second-order valence-corrected chi connectivity index (χ2v) is 6.68. The van der Waals surface area contributed by atoms with Crippen LogP contribution in [0.5, 0.6) is 0 Å². The first-order valence-corrected chi connectivity index (χ1v) is 8.27. The maximum Gasteiger partial charge on any atom is 0.160 e. The van der Waals surface area contributed by atoms with Crippen LogP contribution in [0, 0.1) is 12.8 Å². The van der Waals surface area contributed by atoms with Gasteiger partial charge in [-0.05, 0) is 51.1 Å². The number of imidazole rings is 1. The Morgan fingerprint density at radius 1 is 1.22 bits per heavy atom. The molecular weight excluding hydrogens is 284 g/mol. The van der Waals surface area contributed by atoms with E-state index in [1.165, 1.54) is 24.1 Å². The molecular formula is C19H22N4. The molecule has 0 saturated carbocycles. The Balaban J connectivity index is 1.81. The molecule has 4 heteroatoms. The van der Waals surface area contributed by atoms with E-state index in [0.717, 1.165) is 30.1 Å². The van der Waals surface area contributed by atoms with Crippen LogP contribution >= 0.6 is 0 Å². The smallest absolute Gasteiger partial charge is 0.160 e. The average molecular weight is 306 g/mol. The lowest BCUT2D eigenvalue weighted by Crippen LogP contribution is -2.17. The Kier molecular flexibility index (Phi) is 3.62. The van der Waals surface area contributed by atoms with Crippen LogP contribution in [-0.2, 0) is 6.54 Å². The first-order valence-electron chi connectivity index (χ1n) is 8.27. The Morgan fingerprint density at radius 3 is 2.91 bits per heavy atom. The SMILES string of the molecule is Cc1cccc(-c2nc3cccnc3n2CC2CCN(C)C2)c1. The van der Waals surface area contributed by atoms with Crippen LogP contribution in [0.15, 0.2) is 42.6 Å². The lowest BCUT2D eigenvalue weighted by molar-refractivity contribution is 0.380. The van der Waals surface area contributed by atoms with Crippen LogP contribution in [0.2, 0.25) is 0 Å². The second-order valence-electron chi connectivity index (χ2n) is 6.68. The molecule has 1 aliphatic rings. The molecule has 1 aliphatic heterocycles. The van der Waals surface area contributed by atoms with Gasteiger partial charge in [0, 0.05) is 24.8 Å². The molecule has 118 valence electrons. The van der Waals surface area contributed by atoms with Crippen molar-refractivity contribution >= 4 is 11.2 Å². The van der Waals surface area contributed by atoms with Crippen molar-refractivity contribution in [1.82, 2.24) is 19.4 Å². The summed E-state index contributed by atoms with van der Waals surface area (Å²) in [6.45, 7) is 5.45. The van der Waals surface area contributed by atoms with E-state index in [4.69, 9.17) is 4.98 Å². The summed E-state index contributed by atoms with van der Waals surface area (Å²) in [7, 11) is 2.20. The number of benzene rings is 1. The van der Waals surface area contributed by atoms with Gasteiger partial charge in [-0.15, -0.1) is 0 Å². The van der Waals surface area contributed by atoms with Crippen molar-refractivity contribution in [2.45, 2.75) is 19.9 Å². The fourth-order valence-electron chi connectivity index (χ4n) is 3.57. The summed E-state index contributed by atoms with van der Waals surface area (Å²) in [5, 5.41) is 0. The number of aryl methyl sites for hydroxylation is 1. The zero-order valence-electron chi connectivity index (χ0n) is 13.7. The normalized spacial score (nSPS) is 18.8. The lowest BCUT2D eigenvalue weighted by Gasteiger charge is -2.14. The first-order chi connectivity index (χ1) is 11.2. The number of nitrogens with zero attached hydrogens (tertiary/aromatic N) is 4. The summed E-state index contributed by atoms with van der Waals surface area (Å²) < 4.78 is 2.31. The van der Waals surface area contributed by atoms with Gasteiger partial charge in [0.1, 0.15) is 11.3 Å². The number of hydrogen-bond donors (Lipinski definition) is 0. The summed E-state index contributed by atoms with van der Waals surface area (Å²) in [5.74, 6) is 1.71. The third kappa shape index (κ3) is 2.75. The minimum atomic E-state index is 0.669. The van der Waals surface area contributed by atoms with Crippen molar-refractivity contribution in [2.75, 3.05) is 20.1 Å². The van der Waals surface area contributed by atoms with Gasteiger partial charge in [0.15, 0.2) is 5.65 Å². The topological polar surface area (TPSA) is 34.0 Å². The van der Waals surface area contributed by atoms with E-state index in [1.54, 1.807) is 0 Å². The quantitative estimate of drug-likeness (QED) is 0.744. The third-order valence-corrected chi connectivity index (χ3v) is 4.71. The largest absolute Gasteiger partial charge is 0.308 e. The molecule has 0 amide bonds. The zero-order chi connectivity index (χ0) is 15.8. The number of pyridine rings is 1. The predicted octanol–water partition coefficient (Wildman–Crippen LogP) is 3.36. The van der Waals surface area contributed by atoms with Crippen molar-refractivity contribution in [1.29, 1.82) is 0 Å². The van der Waals surface area contributed by atoms with Crippen LogP contribution in [0.25, 0.3) is 22.6 Å². The maximum atomic E-state index is 4.87. The van der Waals surface area contributed by atoms with Gasteiger partial charge in [0.05, 0.1) is 0 Å². The first kappa shape index (κ1) is 14.4. The van der Waals surface area contributed by atoms with Gasteiger partial charge >= 0.3 is 0 Å². The van der Waals surface area contributed by atoms with E-state index in [1.807, 2.05) is 12.3 Å². The van der Waals surface area contributed by atoms with E-state index < -0.39 is 0 Å². The Labute approximate surface area is 136 Å².